The van der Waals surface area contributed by atoms with Crippen LogP contribution in [0.15, 0.2) is 24.3 Å². The summed E-state index contributed by atoms with van der Waals surface area (Å²) in [6, 6.07) is 5.41. The normalized spacial score (nSPS) is 10.6. The van der Waals surface area contributed by atoms with Crippen LogP contribution >= 0.6 is 0 Å². The Kier molecular flexibility index (Phi) is 13.6. The summed E-state index contributed by atoms with van der Waals surface area (Å²) >= 11 is 0. The molecule has 2 radical (unpaired) electrons. The highest BCUT2D eigenvalue weighted by Gasteiger charge is 2.25. The maximum absolute atomic E-state index is 12.7. The van der Waals surface area contributed by atoms with Gasteiger partial charge in [-0.2, -0.15) is 0 Å². The van der Waals surface area contributed by atoms with Crippen molar-refractivity contribution >= 4 is 11.9 Å². The van der Waals surface area contributed by atoms with Crippen molar-refractivity contribution in [1.29, 1.82) is 0 Å². The van der Waals surface area contributed by atoms with Crippen molar-refractivity contribution in [3.8, 4) is 34.5 Å². The fraction of sp³-hybridized carbons (Fsp3) is 0.385. The molecule has 0 unspecified atom stereocenters. The Morgan fingerprint density at radius 2 is 0.950 bits per heavy atom. The number of hydrogen-bond acceptors (Lipinski definition) is 14. The van der Waals surface area contributed by atoms with E-state index in [2.05, 4.69) is 6.92 Å². The van der Waals surface area contributed by atoms with Gasteiger partial charge in [0.1, 0.15) is 6.61 Å². The van der Waals surface area contributed by atoms with Crippen LogP contribution in [0, 0.1) is 13.2 Å². The highest BCUT2D eigenvalue weighted by molar-refractivity contribution is 5.91. The number of benzene rings is 2. The molecule has 0 N–H and O–H groups in total. The van der Waals surface area contributed by atoms with Crippen LogP contribution in [-0.4, -0.2) is 81.0 Å². The van der Waals surface area contributed by atoms with Crippen molar-refractivity contribution in [2.75, 3.05) is 69.1 Å². The summed E-state index contributed by atoms with van der Waals surface area (Å²) in [4.78, 5) is 45.1. The molecule has 0 spiro atoms. The summed E-state index contributed by atoms with van der Waals surface area (Å²) in [6.07, 6.45) is -0.517. The van der Waals surface area contributed by atoms with Gasteiger partial charge in [-0.3, -0.25) is 9.78 Å². The Balaban J connectivity index is 2.13. The molecule has 2 aromatic rings. The van der Waals surface area contributed by atoms with E-state index in [0.717, 1.165) is 0 Å². The quantitative estimate of drug-likeness (QED) is 0.147. The minimum Gasteiger partial charge on any atom is -0.493 e. The molecule has 14 heteroatoms. The van der Waals surface area contributed by atoms with Gasteiger partial charge < -0.3 is 37.9 Å². The number of hydrogen-bond donors (Lipinski definition) is 0. The van der Waals surface area contributed by atoms with Crippen molar-refractivity contribution in [2.45, 2.75) is 0 Å². The first-order valence-corrected chi connectivity index (χ1v) is 11.5. The molecule has 0 aliphatic heterocycles. The third kappa shape index (κ3) is 8.77. The Labute approximate surface area is 231 Å². The first kappa shape index (κ1) is 32.2. The molecular weight excluding hydrogens is 536 g/mol. The summed E-state index contributed by atoms with van der Waals surface area (Å²) in [7, 11) is 8.39. The Morgan fingerprint density at radius 3 is 1.27 bits per heavy atom. The van der Waals surface area contributed by atoms with Gasteiger partial charge in [-0.1, -0.05) is 0 Å². The molecule has 14 nitrogen and oxygen atoms in total. The fourth-order valence-electron chi connectivity index (χ4n) is 3.10. The van der Waals surface area contributed by atoms with E-state index >= 15 is 0 Å². The fourth-order valence-corrected chi connectivity index (χ4v) is 3.10. The van der Waals surface area contributed by atoms with Crippen LogP contribution in [0.5, 0.6) is 34.5 Å². The lowest BCUT2D eigenvalue weighted by atomic mass is 10.2. The topological polar surface area (TPSA) is 145 Å². The van der Waals surface area contributed by atoms with Crippen molar-refractivity contribution in [3.05, 3.63) is 48.6 Å². The van der Waals surface area contributed by atoms with E-state index in [1.807, 2.05) is 0 Å². The monoisotopic (exact) mass is 568 g/mol. The predicted octanol–water partition coefficient (Wildman–Crippen LogP) is 2.97. The van der Waals surface area contributed by atoms with Gasteiger partial charge in [0.25, 0.3) is 0 Å². The summed E-state index contributed by atoms with van der Waals surface area (Å²) in [5.41, 5.74) is -0.0129. The van der Waals surface area contributed by atoms with Crippen molar-refractivity contribution in [2.24, 2.45) is 0 Å². The molecule has 0 aliphatic carbocycles. The SMILES string of the molecule is [CH2]COCCOC[C](OOC(=O)c1cc(OC)c(OC)c(OC)c1)OOC(=O)c1cc(OC)c(OC)c(OC)c1. The summed E-state index contributed by atoms with van der Waals surface area (Å²) in [5, 5.41) is 0. The van der Waals surface area contributed by atoms with Gasteiger partial charge in [-0.25, -0.2) is 9.59 Å². The number of carbonyl (C=O) groups is 2. The zero-order valence-corrected chi connectivity index (χ0v) is 23.1. The maximum atomic E-state index is 12.7. The lowest BCUT2D eigenvalue weighted by molar-refractivity contribution is -0.368. The Bertz CT molecular complexity index is 973. The van der Waals surface area contributed by atoms with Gasteiger partial charge in [0, 0.05) is 6.61 Å². The lowest BCUT2D eigenvalue weighted by Crippen LogP contribution is -2.21. The molecule has 2 aromatic carbocycles. The van der Waals surface area contributed by atoms with E-state index in [1.54, 1.807) is 0 Å². The second kappa shape index (κ2) is 16.9. The lowest BCUT2D eigenvalue weighted by Gasteiger charge is -2.16. The molecule has 0 heterocycles. The molecule has 0 bridgehead atoms. The van der Waals surface area contributed by atoms with Gasteiger partial charge in [-0.15, -0.1) is 9.78 Å². The highest BCUT2D eigenvalue weighted by atomic mass is 17.3. The molecule has 0 saturated heterocycles. The third-order valence-corrected chi connectivity index (χ3v) is 4.96. The number of rotatable bonds is 18. The average molecular weight is 569 g/mol. The van der Waals surface area contributed by atoms with Gasteiger partial charge in [-0.05, 0) is 31.2 Å². The molecule has 0 aromatic heterocycles. The molecule has 220 valence electrons. The summed E-state index contributed by atoms with van der Waals surface area (Å²) in [6.45, 7) is 3.71. The Hall–Kier alpha value is -3.98. The number of methoxy groups -OCH3 is 6. The van der Waals surface area contributed by atoms with Crippen LogP contribution < -0.4 is 28.4 Å². The predicted molar refractivity (Wildman–Crippen MR) is 135 cm³/mol. The molecule has 40 heavy (non-hydrogen) atoms. The maximum Gasteiger partial charge on any atom is 0.373 e. The van der Waals surface area contributed by atoms with E-state index in [4.69, 9.17) is 57.4 Å². The van der Waals surface area contributed by atoms with E-state index in [1.165, 1.54) is 66.9 Å². The van der Waals surface area contributed by atoms with E-state index in [-0.39, 0.29) is 65.4 Å². The minimum atomic E-state index is -0.961. The van der Waals surface area contributed by atoms with Crippen molar-refractivity contribution in [3.63, 3.8) is 0 Å². The van der Waals surface area contributed by atoms with Crippen molar-refractivity contribution < 1.29 is 67.0 Å². The highest BCUT2D eigenvalue weighted by Crippen LogP contribution is 2.39. The molecule has 0 saturated carbocycles. The second-order valence-electron chi connectivity index (χ2n) is 7.27. The van der Waals surface area contributed by atoms with Gasteiger partial charge in [0.2, 0.25) is 11.5 Å². The first-order chi connectivity index (χ1) is 19.4. The summed E-state index contributed by atoms with van der Waals surface area (Å²) < 4.78 is 41.8. The zero-order valence-electron chi connectivity index (χ0n) is 23.1. The van der Waals surface area contributed by atoms with Crippen molar-refractivity contribution in [1.82, 2.24) is 0 Å². The van der Waals surface area contributed by atoms with Gasteiger partial charge in [0.15, 0.2) is 23.0 Å². The molecule has 0 aliphatic rings. The summed E-state index contributed by atoms with van der Waals surface area (Å²) in [5.74, 6) is -0.535. The largest absolute Gasteiger partial charge is 0.493 e. The second-order valence-corrected chi connectivity index (χ2v) is 7.27. The van der Waals surface area contributed by atoms with Gasteiger partial charge >= 0.3 is 18.2 Å². The zero-order chi connectivity index (χ0) is 29.5. The molecule has 0 fully saturated rings. The smallest absolute Gasteiger partial charge is 0.373 e. The van der Waals surface area contributed by atoms with E-state index in [9.17, 15) is 9.59 Å². The average Bonchev–Trinajstić information content (AvgIpc) is 2.99. The third-order valence-electron chi connectivity index (χ3n) is 4.96. The minimum absolute atomic E-state index is 0.00645. The van der Waals surface area contributed by atoms with E-state index < -0.39 is 24.8 Å². The van der Waals surface area contributed by atoms with Gasteiger partial charge in [0.05, 0.1) is 67.0 Å². The Morgan fingerprint density at radius 1 is 0.575 bits per heavy atom. The van der Waals surface area contributed by atoms with Crippen LogP contribution in [-0.2, 0) is 29.0 Å². The standard InChI is InChI=1S/C26H32O14/c1-8-35-9-10-36-15-22(37-39-25(27)16-11-18(29-2)23(33-6)19(12-16)30-3)38-40-26(28)17-13-20(31-4)24(34-7)21(14-17)32-5/h11-14H,1,8-10,15H2,2-7H3. The molecular formula is C26H32O14. The van der Waals surface area contributed by atoms with Crippen LogP contribution in [0.3, 0.4) is 0 Å². The van der Waals surface area contributed by atoms with Crippen LogP contribution in [0.4, 0.5) is 0 Å². The van der Waals surface area contributed by atoms with Crippen LogP contribution in [0.1, 0.15) is 20.7 Å². The van der Waals surface area contributed by atoms with Crippen LogP contribution in [0.2, 0.25) is 0 Å². The number of carbonyl (C=O) groups excluding carboxylic acids is 2. The molecule has 2 rings (SSSR count). The first-order valence-electron chi connectivity index (χ1n) is 11.5. The molecule has 0 amide bonds. The molecule has 0 atom stereocenters. The van der Waals surface area contributed by atoms with E-state index in [0.29, 0.717) is 0 Å². The van der Waals surface area contributed by atoms with Crippen LogP contribution in [0.25, 0.3) is 0 Å². The number of ether oxygens (including phenoxy) is 8.